The molecule has 7 nitrogen and oxygen atoms in total. The molecule has 192 valence electrons. The lowest BCUT2D eigenvalue weighted by Gasteiger charge is -2.55. The predicted molar refractivity (Wildman–Crippen MR) is 139 cm³/mol. The minimum Gasteiger partial charge on any atom is -0.480 e. The van der Waals surface area contributed by atoms with Gasteiger partial charge in [-0.25, -0.2) is 9.78 Å². The Morgan fingerprint density at radius 1 is 0.833 bits per heavy atom. The number of nitrogens with zero attached hydrogens (tertiary/aromatic N) is 4. The first-order valence-corrected chi connectivity index (χ1v) is 14.3. The number of hydrogen-bond donors (Lipinski definition) is 1. The first-order chi connectivity index (χ1) is 17.6. The molecule has 1 aromatic heterocycles. The number of para-hydroxylation sites is 2. The monoisotopic (exact) mass is 490 g/mol. The fraction of sp³-hybridized carbons (Fsp3) is 0.690. The lowest BCUT2D eigenvalue weighted by atomic mass is 9.68. The molecule has 2 aromatic rings. The van der Waals surface area contributed by atoms with E-state index in [2.05, 4.69) is 4.90 Å². The van der Waals surface area contributed by atoms with Gasteiger partial charge in [0.2, 0.25) is 0 Å². The van der Waals surface area contributed by atoms with Crippen molar-refractivity contribution in [3.05, 3.63) is 34.6 Å². The highest BCUT2D eigenvalue weighted by atomic mass is 16.4. The highest BCUT2D eigenvalue weighted by molar-refractivity contribution is 5.81. The molecular weight excluding hydrogens is 452 g/mol. The van der Waals surface area contributed by atoms with E-state index in [1.807, 2.05) is 28.8 Å². The zero-order chi connectivity index (χ0) is 24.4. The fourth-order valence-electron chi connectivity index (χ4n) is 8.72. The molecule has 7 atom stereocenters. The average molecular weight is 491 g/mol. The smallest absolute Gasteiger partial charge is 0.326 e. The van der Waals surface area contributed by atoms with Crippen molar-refractivity contribution in [2.45, 2.75) is 107 Å². The maximum Gasteiger partial charge on any atom is 0.326 e. The van der Waals surface area contributed by atoms with Crippen LogP contribution in [0.1, 0.15) is 83.1 Å². The Morgan fingerprint density at radius 3 is 2.19 bits per heavy atom. The summed E-state index contributed by atoms with van der Waals surface area (Å²) in [7, 11) is 0. The van der Waals surface area contributed by atoms with Crippen molar-refractivity contribution in [2.75, 3.05) is 11.4 Å². The van der Waals surface area contributed by atoms with Crippen LogP contribution in [0.25, 0.3) is 11.0 Å². The van der Waals surface area contributed by atoms with Crippen molar-refractivity contribution in [3.63, 3.8) is 0 Å². The summed E-state index contributed by atoms with van der Waals surface area (Å²) in [5.41, 5.74) is 1.57. The van der Waals surface area contributed by atoms with Gasteiger partial charge in [0.15, 0.2) is 5.82 Å². The van der Waals surface area contributed by atoms with Gasteiger partial charge in [-0.1, -0.05) is 37.8 Å². The van der Waals surface area contributed by atoms with Gasteiger partial charge in [-0.05, 0) is 75.3 Å². The van der Waals surface area contributed by atoms with Crippen molar-refractivity contribution in [3.8, 4) is 0 Å². The average Bonchev–Trinajstić information content (AvgIpc) is 2.82. The Labute approximate surface area is 212 Å². The molecule has 4 bridgehead atoms. The minimum absolute atomic E-state index is 0.108. The van der Waals surface area contributed by atoms with Gasteiger partial charge in [-0.2, -0.15) is 0 Å². The summed E-state index contributed by atoms with van der Waals surface area (Å²) in [6, 6.07) is 9.23. The molecule has 7 rings (SSSR count). The summed E-state index contributed by atoms with van der Waals surface area (Å²) >= 11 is 0. The van der Waals surface area contributed by atoms with Gasteiger partial charge in [0, 0.05) is 30.7 Å². The van der Waals surface area contributed by atoms with Crippen LogP contribution in [0, 0.1) is 11.8 Å². The van der Waals surface area contributed by atoms with Crippen LogP contribution in [-0.2, 0) is 4.79 Å². The van der Waals surface area contributed by atoms with Gasteiger partial charge in [0.1, 0.15) is 6.04 Å². The Bertz CT molecular complexity index is 1200. The number of aliphatic carboxylic acids is 1. The van der Waals surface area contributed by atoms with E-state index < -0.39 is 12.0 Å². The molecule has 3 aliphatic heterocycles. The van der Waals surface area contributed by atoms with E-state index in [-0.39, 0.29) is 11.6 Å². The SMILES string of the molecule is O=C(O)C1CCN1c1nc2ccccc2n(C2C[C@H]3CCC[C@@H](C2)N3C2C[C@H]3CCC[C@@H](C2)C3)c1=O. The van der Waals surface area contributed by atoms with E-state index in [1.54, 1.807) is 4.90 Å². The molecule has 2 saturated carbocycles. The highest BCUT2D eigenvalue weighted by Gasteiger charge is 2.46. The Hall–Kier alpha value is -2.41. The second-order valence-corrected chi connectivity index (χ2v) is 12.3. The molecule has 4 heterocycles. The molecule has 1 aromatic carbocycles. The van der Waals surface area contributed by atoms with Gasteiger partial charge in [0.25, 0.3) is 5.56 Å². The van der Waals surface area contributed by atoms with Gasteiger partial charge < -0.3 is 14.6 Å². The third-order valence-electron chi connectivity index (χ3n) is 10.2. The number of aromatic nitrogens is 2. The van der Waals surface area contributed by atoms with Crippen LogP contribution in [0.15, 0.2) is 29.1 Å². The maximum absolute atomic E-state index is 14.0. The van der Waals surface area contributed by atoms with E-state index in [1.165, 1.54) is 57.8 Å². The van der Waals surface area contributed by atoms with Crippen LogP contribution in [0.2, 0.25) is 0 Å². The lowest BCUT2D eigenvalue weighted by Crippen LogP contribution is -2.59. The molecule has 0 spiro atoms. The topological polar surface area (TPSA) is 78.7 Å². The van der Waals surface area contributed by atoms with E-state index >= 15 is 0 Å². The summed E-state index contributed by atoms with van der Waals surface area (Å²) < 4.78 is 2.01. The fourth-order valence-corrected chi connectivity index (χ4v) is 8.72. The van der Waals surface area contributed by atoms with Crippen LogP contribution >= 0.6 is 0 Å². The van der Waals surface area contributed by atoms with Gasteiger partial charge >= 0.3 is 5.97 Å². The van der Waals surface area contributed by atoms with Crippen LogP contribution in [0.4, 0.5) is 5.82 Å². The zero-order valence-corrected chi connectivity index (χ0v) is 21.1. The molecular formula is C29H38N4O3. The number of anilines is 1. The van der Waals surface area contributed by atoms with Crippen LogP contribution in [0.3, 0.4) is 0 Å². The lowest BCUT2D eigenvalue weighted by molar-refractivity contribution is -0.140. The summed E-state index contributed by atoms with van der Waals surface area (Å²) in [5, 5.41) is 9.62. The Balaban J connectivity index is 1.23. The zero-order valence-electron chi connectivity index (χ0n) is 21.1. The number of carboxylic acids is 1. The van der Waals surface area contributed by atoms with E-state index in [4.69, 9.17) is 4.98 Å². The minimum atomic E-state index is -0.873. The van der Waals surface area contributed by atoms with Gasteiger partial charge in [0.05, 0.1) is 11.0 Å². The molecule has 7 heteroatoms. The Kier molecular flexibility index (Phi) is 5.60. The van der Waals surface area contributed by atoms with Crippen molar-refractivity contribution in [1.29, 1.82) is 0 Å². The number of benzene rings is 1. The first-order valence-electron chi connectivity index (χ1n) is 14.3. The molecule has 5 fully saturated rings. The number of piperidine rings is 2. The summed E-state index contributed by atoms with van der Waals surface area (Å²) in [4.78, 5) is 35.0. The molecule has 1 N–H and O–H groups in total. The second kappa shape index (κ2) is 8.86. The molecule has 5 aliphatic rings. The van der Waals surface area contributed by atoms with Crippen LogP contribution < -0.4 is 10.5 Å². The van der Waals surface area contributed by atoms with Crippen molar-refractivity contribution < 1.29 is 9.90 Å². The van der Waals surface area contributed by atoms with Crippen molar-refractivity contribution in [2.24, 2.45) is 11.8 Å². The molecule has 0 amide bonds. The van der Waals surface area contributed by atoms with Crippen molar-refractivity contribution >= 4 is 22.8 Å². The first kappa shape index (κ1) is 22.8. The Morgan fingerprint density at radius 2 is 1.53 bits per heavy atom. The van der Waals surface area contributed by atoms with Crippen LogP contribution in [0.5, 0.6) is 0 Å². The van der Waals surface area contributed by atoms with Crippen LogP contribution in [-0.4, -0.2) is 56.2 Å². The summed E-state index contributed by atoms with van der Waals surface area (Å²) in [6.45, 7) is 0.575. The largest absolute Gasteiger partial charge is 0.480 e. The second-order valence-electron chi connectivity index (χ2n) is 12.3. The normalized spacial score (nSPS) is 36.4. The maximum atomic E-state index is 14.0. The van der Waals surface area contributed by atoms with Gasteiger partial charge in [-0.15, -0.1) is 0 Å². The molecule has 3 unspecified atom stereocenters. The number of fused-ring (bicyclic) bond motifs is 5. The standard InChI is InChI=1S/C29H38N4O3/c34-28-27(31-12-11-26(31)29(35)36)30-24-9-1-2-10-25(24)33(28)23-16-20-7-4-8-21(17-23)32(20)22-14-18-5-3-6-19(13-18)15-22/h1-2,9-10,18-23,26H,3-8,11-17H2,(H,35,36)/t18-,19+,20-,21+,22?,23?,26?. The molecule has 2 aliphatic carbocycles. The summed E-state index contributed by atoms with van der Waals surface area (Å²) in [5.74, 6) is 1.30. The van der Waals surface area contributed by atoms with Crippen molar-refractivity contribution in [1.82, 2.24) is 14.5 Å². The summed E-state index contributed by atoms with van der Waals surface area (Å²) in [6.07, 6.45) is 14.8. The molecule has 0 radical (unpaired) electrons. The quantitative estimate of drug-likeness (QED) is 0.676. The van der Waals surface area contributed by atoms with Gasteiger partial charge in [-0.3, -0.25) is 9.69 Å². The van der Waals surface area contributed by atoms with E-state index in [9.17, 15) is 14.7 Å². The number of carboxylic acid groups (broad SMARTS) is 1. The number of hydrogen-bond acceptors (Lipinski definition) is 5. The predicted octanol–water partition coefficient (Wildman–Crippen LogP) is 4.59. The molecule has 3 saturated heterocycles. The third kappa shape index (κ3) is 3.68. The number of carbonyl (C=O) groups is 1. The highest BCUT2D eigenvalue weighted by Crippen LogP contribution is 2.47. The van der Waals surface area contributed by atoms with E-state index in [0.29, 0.717) is 30.9 Å². The van der Waals surface area contributed by atoms with E-state index in [0.717, 1.165) is 41.8 Å². The number of rotatable bonds is 4. The third-order valence-corrected chi connectivity index (χ3v) is 10.2. The molecule has 36 heavy (non-hydrogen) atoms.